The first-order valence-electron chi connectivity index (χ1n) is 16.8. The monoisotopic (exact) mass is 583 g/mol. The lowest BCUT2D eigenvalue weighted by molar-refractivity contribution is 0.558. The summed E-state index contributed by atoms with van der Waals surface area (Å²) < 4.78 is 0. The van der Waals surface area contributed by atoms with Gasteiger partial charge in [-0.25, -0.2) is 0 Å². The highest BCUT2D eigenvalue weighted by Crippen LogP contribution is 2.48. The predicted octanol–water partition coefficient (Wildman–Crippen LogP) is 11.0. The van der Waals surface area contributed by atoms with E-state index < -0.39 is 0 Å². The summed E-state index contributed by atoms with van der Waals surface area (Å²) in [4.78, 5) is 5.43. The number of aliphatic imine (C=N–C) groups is 1. The van der Waals surface area contributed by atoms with Gasteiger partial charge >= 0.3 is 0 Å². The Hall–Kier alpha value is -4.49. The minimum atomic E-state index is 0.300. The van der Waals surface area contributed by atoms with Gasteiger partial charge in [0.05, 0.1) is 6.54 Å². The Morgan fingerprint density at radius 2 is 1.62 bits per heavy atom. The van der Waals surface area contributed by atoms with Crippen LogP contribution in [-0.2, 0) is 19.4 Å². The first kappa shape index (κ1) is 28.0. The first-order chi connectivity index (χ1) is 22.2. The largest absolute Gasteiger partial charge is 0.284 e. The van der Waals surface area contributed by atoms with Crippen LogP contribution in [0.4, 0.5) is 0 Å². The average Bonchev–Trinajstić information content (AvgIpc) is 3.63. The second-order valence-electron chi connectivity index (χ2n) is 13.3. The molecule has 0 amide bonds. The van der Waals surface area contributed by atoms with Gasteiger partial charge in [-0.2, -0.15) is 0 Å². The molecule has 0 aromatic heterocycles. The fraction of sp³-hybridized carbons (Fsp3) is 0.250. The standard InChI is InChI=1S/C44H41N/c1-3-11-31-27-42-38(29(31)2)17-10-19-41(42)44(45-28-30-12-5-4-6-13-30)37-23-21-32-24-35(22-20-33(32)25-37)40-18-9-15-36-26-34-14-7-8-16-39(34)43(36)40/h3-19,21,23,35,37H,20,22,24-28H2,1-2H3/b11-3-,45-44+. The molecule has 0 saturated heterocycles. The average molecular weight is 584 g/mol. The molecule has 4 aromatic carbocycles. The molecule has 2 unspecified atom stereocenters. The van der Waals surface area contributed by atoms with Crippen molar-refractivity contribution in [1.82, 2.24) is 0 Å². The Labute approximate surface area is 268 Å². The second kappa shape index (κ2) is 11.8. The van der Waals surface area contributed by atoms with Crippen molar-refractivity contribution in [2.45, 2.75) is 64.8 Å². The van der Waals surface area contributed by atoms with Gasteiger partial charge in [-0.05, 0) is 120 Å². The lowest BCUT2D eigenvalue weighted by atomic mass is 9.72. The number of fused-ring (bicyclic) bond motifs is 4. The molecule has 4 aromatic rings. The van der Waals surface area contributed by atoms with Gasteiger partial charge in [0.2, 0.25) is 0 Å². The van der Waals surface area contributed by atoms with Crippen molar-refractivity contribution in [1.29, 1.82) is 0 Å². The highest BCUT2D eigenvalue weighted by molar-refractivity contribution is 6.06. The third kappa shape index (κ3) is 5.09. The molecule has 222 valence electrons. The van der Waals surface area contributed by atoms with E-state index >= 15 is 0 Å². The van der Waals surface area contributed by atoms with Crippen LogP contribution in [0.15, 0.2) is 137 Å². The molecule has 0 saturated carbocycles. The van der Waals surface area contributed by atoms with E-state index in [1.54, 1.807) is 16.7 Å². The molecule has 0 aliphatic heterocycles. The van der Waals surface area contributed by atoms with Crippen molar-refractivity contribution < 1.29 is 0 Å². The smallest absolute Gasteiger partial charge is 0.0643 e. The number of hydrogen-bond donors (Lipinski definition) is 0. The summed E-state index contributed by atoms with van der Waals surface area (Å²) in [5.41, 5.74) is 20.3. The molecular formula is C44H41N. The molecule has 0 fully saturated rings. The maximum Gasteiger partial charge on any atom is 0.0643 e. The van der Waals surface area contributed by atoms with E-state index in [4.69, 9.17) is 4.99 Å². The van der Waals surface area contributed by atoms with Crippen LogP contribution >= 0.6 is 0 Å². The highest BCUT2D eigenvalue weighted by Gasteiger charge is 2.32. The number of hydrogen-bond acceptors (Lipinski definition) is 1. The molecule has 2 atom stereocenters. The van der Waals surface area contributed by atoms with Crippen LogP contribution < -0.4 is 0 Å². The molecular weight excluding hydrogens is 542 g/mol. The van der Waals surface area contributed by atoms with Crippen molar-refractivity contribution >= 4 is 11.3 Å². The van der Waals surface area contributed by atoms with E-state index in [0.29, 0.717) is 18.4 Å². The Balaban J connectivity index is 1.10. The maximum absolute atomic E-state index is 5.43. The minimum Gasteiger partial charge on any atom is -0.284 e. The van der Waals surface area contributed by atoms with Crippen LogP contribution in [0.25, 0.3) is 16.7 Å². The van der Waals surface area contributed by atoms with Crippen LogP contribution in [-0.4, -0.2) is 5.71 Å². The Morgan fingerprint density at radius 3 is 2.51 bits per heavy atom. The topological polar surface area (TPSA) is 12.4 Å². The summed E-state index contributed by atoms with van der Waals surface area (Å²) in [5, 5.41) is 0. The molecule has 4 aliphatic rings. The number of benzene rings is 4. The number of rotatable bonds is 6. The van der Waals surface area contributed by atoms with Crippen molar-refractivity contribution in [3.05, 3.63) is 171 Å². The Kier molecular flexibility index (Phi) is 7.34. The quantitative estimate of drug-likeness (QED) is 0.176. The molecule has 8 rings (SSSR count). The summed E-state index contributed by atoms with van der Waals surface area (Å²) in [5.74, 6) is 0.878. The van der Waals surface area contributed by atoms with Crippen LogP contribution in [0, 0.1) is 5.92 Å². The fourth-order valence-corrected chi connectivity index (χ4v) is 8.43. The summed E-state index contributed by atoms with van der Waals surface area (Å²) in [6, 6.07) is 33.7. The maximum atomic E-state index is 5.43. The first-order valence-corrected chi connectivity index (χ1v) is 16.8. The van der Waals surface area contributed by atoms with Gasteiger partial charge in [-0.15, -0.1) is 0 Å². The molecule has 0 bridgehead atoms. The van der Waals surface area contributed by atoms with Gasteiger partial charge in [0.25, 0.3) is 0 Å². The van der Waals surface area contributed by atoms with Crippen LogP contribution in [0.5, 0.6) is 0 Å². The third-order valence-corrected chi connectivity index (χ3v) is 10.7. The van der Waals surface area contributed by atoms with Gasteiger partial charge in [-0.1, -0.05) is 121 Å². The van der Waals surface area contributed by atoms with Crippen LogP contribution in [0.2, 0.25) is 0 Å². The van der Waals surface area contributed by atoms with E-state index in [1.807, 2.05) is 0 Å². The molecule has 1 nitrogen and oxygen atoms in total. The van der Waals surface area contributed by atoms with Gasteiger partial charge in [0.1, 0.15) is 0 Å². The molecule has 0 N–H and O–H groups in total. The van der Waals surface area contributed by atoms with E-state index in [2.05, 4.69) is 129 Å². The van der Waals surface area contributed by atoms with Crippen molar-refractivity contribution in [2.24, 2.45) is 10.9 Å². The fourth-order valence-electron chi connectivity index (χ4n) is 8.43. The summed E-state index contributed by atoms with van der Waals surface area (Å²) >= 11 is 0. The summed E-state index contributed by atoms with van der Waals surface area (Å²) in [6.07, 6.45) is 16.1. The van der Waals surface area contributed by atoms with Gasteiger partial charge in [-0.3, -0.25) is 4.99 Å². The van der Waals surface area contributed by atoms with Gasteiger partial charge in [0, 0.05) is 17.2 Å². The molecule has 4 aliphatic carbocycles. The van der Waals surface area contributed by atoms with Crippen molar-refractivity contribution in [2.75, 3.05) is 0 Å². The zero-order valence-electron chi connectivity index (χ0n) is 26.5. The third-order valence-electron chi connectivity index (χ3n) is 10.7. The van der Waals surface area contributed by atoms with Crippen LogP contribution in [0.3, 0.4) is 0 Å². The molecule has 1 heteroatoms. The zero-order chi connectivity index (χ0) is 30.3. The zero-order valence-corrected chi connectivity index (χ0v) is 26.5. The normalized spacial score (nSPS) is 20.4. The summed E-state index contributed by atoms with van der Waals surface area (Å²) in [6.45, 7) is 5.11. The van der Waals surface area contributed by atoms with Gasteiger partial charge < -0.3 is 0 Å². The van der Waals surface area contributed by atoms with E-state index in [-0.39, 0.29) is 0 Å². The highest BCUT2D eigenvalue weighted by atomic mass is 14.7. The van der Waals surface area contributed by atoms with E-state index in [0.717, 1.165) is 25.7 Å². The number of allylic oxidation sites excluding steroid dienone is 8. The van der Waals surface area contributed by atoms with Crippen molar-refractivity contribution in [3.8, 4) is 11.1 Å². The lowest BCUT2D eigenvalue weighted by Gasteiger charge is -2.32. The SMILES string of the molecule is C/C=C\C1=C(C)c2cccc(/C(=N/Cc3ccccc3)C3C=CC4=C(CCC(c5cccc6c5-c5ccccc5C6)C4)C3)c2C1. The Bertz CT molecular complexity index is 1940. The second-order valence-corrected chi connectivity index (χ2v) is 13.3. The Morgan fingerprint density at radius 1 is 0.822 bits per heavy atom. The molecule has 45 heavy (non-hydrogen) atoms. The molecule has 0 spiro atoms. The predicted molar refractivity (Wildman–Crippen MR) is 190 cm³/mol. The van der Waals surface area contributed by atoms with E-state index in [1.165, 1.54) is 74.2 Å². The minimum absolute atomic E-state index is 0.300. The molecule has 0 radical (unpaired) electrons. The van der Waals surface area contributed by atoms with E-state index in [9.17, 15) is 0 Å². The molecule has 0 heterocycles. The van der Waals surface area contributed by atoms with Gasteiger partial charge in [0.15, 0.2) is 0 Å². The lowest BCUT2D eigenvalue weighted by Crippen LogP contribution is -2.22. The number of nitrogens with zero attached hydrogens (tertiary/aromatic N) is 1. The summed E-state index contributed by atoms with van der Waals surface area (Å²) in [7, 11) is 0. The van der Waals surface area contributed by atoms with Crippen molar-refractivity contribution in [3.63, 3.8) is 0 Å². The van der Waals surface area contributed by atoms with Crippen LogP contribution in [0.1, 0.15) is 84.4 Å².